The number of hydrogen-bond acceptors (Lipinski definition) is 4. The molecular formula is C20H30N2O3. The van der Waals surface area contributed by atoms with Gasteiger partial charge in [-0.25, -0.2) is 4.79 Å². The molecule has 2 aliphatic rings. The van der Waals surface area contributed by atoms with Crippen molar-refractivity contribution >= 4 is 11.7 Å². The van der Waals surface area contributed by atoms with E-state index in [-0.39, 0.29) is 6.61 Å². The molecule has 2 heterocycles. The summed E-state index contributed by atoms with van der Waals surface area (Å²) in [5.41, 5.74) is 1.21. The number of ether oxygens (including phenoxy) is 1. The maximum absolute atomic E-state index is 10.5. The fourth-order valence-electron chi connectivity index (χ4n) is 4.02. The van der Waals surface area contributed by atoms with Gasteiger partial charge in [-0.15, -0.1) is 0 Å². The quantitative estimate of drug-likeness (QED) is 0.794. The lowest BCUT2D eigenvalue weighted by Gasteiger charge is -2.34. The summed E-state index contributed by atoms with van der Waals surface area (Å²) in [6.07, 6.45) is 8.07. The molecule has 0 amide bonds. The molecule has 2 saturated heterocycles. The van der Waals surface area contributed by atoms with Crippen molar-refractivity contribution in [1.82, 2.24) is 5.32 Å². The van der Waals surface area contributed by atoms with Crippen LogP contribution in [0.5, 0.6) is 5.75 Å². The average Bonchev–Trinajstić information content (AvgIpc) is 2.66. The van der Waals surface area contributed by atoms with Crippen molar-refractivity contribution in [3.05, 3.63) is 24.3 Å². The van der Waals surface area contributed by atoms with Crippen molar-refractivity contribution in [2.75, 3.05) is 37.7 Å². The topological polar surface area (TPSA) is 61.8 Å². The second kappa shape index (κ2) is 9.09. The van der Waals surface area contributed by atoms with Crippen molar-refractivity contribution in [3.8, 4) is 5.75 Å². The van der Waals surface area contributed by atoms with E-state index in [1.165, 1.54) is 57.3 Å². The third-order valence-electron chi connectivity index (χ3n) is 5.62. The van der Waals surface area contributed by atoms with Gasteiger partial charge in [-0.1, -0.05) is 12.8 Å². The van der Waals surface area contributed by atoms with Crippen LogP contribution in [0.25, 0.3) is 0 Å². The molecule has 0 bridgehead atoms. The van der Waals surface area contributed by atoms with E-state index in [1.54, 1.807) is 0 Å². The number of nitrogens with one attached hydrogen (secondary N) is 1. The number of rotatable bonds is 7. The number of aliphatic carboxylic acids is 1. The summed E-state index contributed by atoms with van der Waals surface area (Å²) >= 11 is 0. The average molecular weight is 346 g/mol. The molecule has 1 aromatic rings. The van der Waals surface area contributed by atoms with Crippen molar-refractivity contribution in [2.45, 2.75) is 38.5 Å². The normalized spacial score (nSPS) is 19.8. The minimum Gasteiger partial charge on any atom is -0.482 e. The molecule has 0 unspecified atom stereocenters. The van der Waals surface area contributed by atoms with Crippen LogP contribution in [0.1, 0.15) is 38.5 Å². The summed E-state index contributed by atoms with van der Waals surface area (Å²) in [5, 5.41) is 12.1. The summed E-state index contributed by atoms with van der Waals surface area (Å²) in [6, 6.07) is 7.79. The van der Waals surface area contributed by atoms with E-state index in [0.29, 0.717) is 5.75 Å². The van der Waals surface area contributed by atoms with Gasteiger partial charge >= 0.3 is 5.97 Å². The van der Waals surface area contributed by atoms with Gasteiger partial charge in [0.15, 0.2) is 6.61 Å². The third kappa shape index (κ3) is 5.63. The first kappa shape index (κ1) is 18.1. The van der Waals surface area contributed by atoms with Gasteiger partial charge in [-0.3, -0.25) is 0 Å². The molecule has 0 aliphatic carbocycles. The van der Waals surface area contributed by atoms with E-state index < -0.39 is 5.97 Å². The molecule has 5 nitrogen and oxygen atoms in total. The van der Waals surface area contributed by atoms with Crippen molar-refractivity contribution in [3.63, 3.8) is 0 Å². The molecule has 0 spiro atoms. The summed E-state index contributed by atoms with van der Waals surface area (Å²) in [6.45, 7) is 4.35. The molecule has 25 heavy (non-hydrogen) atoms. The van der Waals surface area contributed by atoms with Crippen molar-refractivity contribution in [2.24, 2.45) is 11.8 Å². The molecule has 3 rings (SSSR count). The Balaban J connectivity index is 1.40. The number of nitrogens with zero attached hydrogens (tertiary/aromatic N) is 1. The number of piperidine rings is 2. The van der Waals surface area contributed by atoms with Crippen LogP contribution in [0.2, 0.25) is 0 Å². The molecule has 1 aromatic carbocycles. The first-order valence-electron chi connectivity index (χ1n) is 9.61. The summed E-state index contributed by atoms with van der Waals surface area (Å²) < 4.78 is 5.19. The number of benzene rings is 1. The maximum Gasteiger partial charge on any atom is 0.341 e. The lowest BCUT2D eigenvalue weighted by atomic mass is 9.85. The highest BCUT2D eigenvalue weighted by Crippen LogP contribution is 2.29. The summed E-state index contributed by atoms with van der Waals surface area (Å²) in [5.74, 6) is 1.49. The van der Waals surface area contributed by atoms with Gasteiger partial charge in [0.2, 0.25) is 0 Å². The van der Waals surface area contributed by atoms with E-state index in [0.717, 1.165) is 24.9 Å². The van der Waals surface area contributed by atoms with Crippen molar-refractivity contribution in [1.29, 1.82) is 0 Å². The Morgan fingerprint density at radius 1 is 1.04 bits per heavy atom. The first-order chi connectivity index (χ1) is 12.2. The van der Waals surface area contributed by atoms with Crippen LogP contribution in [0.3, 0.4) is 0 Å². The number of carboxylic acid groups (broad SMARTS) is 1. The fraction of sp³-hybridized carbons (Fsp3) is 0.650. The van der Waals surface area contributed by atoms with Gasteiger partial charge in [0, 0.05) is 18.8 Å². The fourth-order valence-corrected chi connectivity index (χ4v) is 4.02. The van der Waals surface area contributed by atoms with E-state index in [9.17, 15) is 4.79 Å². The van der Waals surface area contributed by atoms with Gasteiger partial charge in [0.25, 0.3) is 0 Å². The number of hydrogen-bond donors (Lipinski definition) is 2. The zero-order chi connectivity index (χ0) is 17.5. The molecule has 0 radical (unpaired) electrons. The third-order valence-corrected chi connectivity index (χ3v) is 5.62. The molecule has 2 aliphatic heterocycles. The maximum atomic E-state index is 10.5. The molecule has 0 aromatic heterocycles. The Morgan fingerprint density at radius 3 is 2.24 bits per heavy atom. The zero-order valence-electron chi connectivity index (χ0n) is 15.0. The van der Waals surface area contributed by atoms with E-state index in [2.05, 4.69) is 10.2 Å². The largest absolute Gasteiger partial charge is 0.482 e. The van der Waals surface area contributed by atoms with Gasteiger partial charge < -0.3 is 20.1 Å². The van der Waals surface area contributed by atoms with Crippen LogP contribution in [0, 0.1) is 11.8 Å². The van der Waals surface area contributed by atoms with Gasteiger partial charge in [-0.2, -0.15) is 0 Å². The van der Waals surface area contributed by atoms with Crippen LogP contribution in [0.4, 0.5) is 5.69 Å². The summed E-state index contributed by atoms with van der Waals surface area (Å²) in [4.78, 5) is 13.0. The molecule has 2 fully saturated rings. The van der Waals surface area contributed by atoms with Crippen LogP contribution < -0.4 is 15.0 Å². The van der Waals surface area contributed by atoms with E-state index in [1.807, 2.05) is 24.3 Å². The smallest absolute Gasteiger partial charge is 0.341 e. The molecule has 5 heteroatoms. The van der Waals surface area contributed by atoms with Gasteiger partial charge in [0.1, 0.15) is 5.75 Å². The van der Waals surface area contributed by atoms with E-state index in [4.69, 9.17) is 9.84 Å². The summed E-state index contributed by atoms with van der Waals surface area (Å²) in [7, 11) is 0. The Hall–Kier alpha value is -1.75. The van der Waals surface area contributed by atoms with Gasteiger partial charge in [-0.05, 0) is 74.9 Å². The lowest BCUT2D eigenvalue weighted by molar-refractivity contribution is -0.139. The predicted molar refractivity (Wildman–Crippen MR) is 99.3 cm³/mol. The Bertz CT molecular complexity index is 532. The monoisotopic (exact) mass is 346 g/mol. The minimum atomic E-state index is -0.948. The Morgan fingerprint density at radius 2 is 1.64 bits per heavy atom. The van der Waals surface area contributed by atoms with E-state index >= 15 is 0 Å². The lowest BCUT2D eigenvalue weighted by Crippen LogP contribution is -2.34. The number of carboxylic acids is 1. The minimum absolute atomic E-state index is 0.290. The molecule has 138 valence electrons. The van der Waals surface area contributed by atoms with Crippen molar-refractivity contribution < 1.29 is 14.6 Å². The zero-order valence-corrected chi connectivity index (χ0v) is 15.0. The second-order valence-electron chi connectivity index (χ2n) is 7.38. The van der Waals surface area contributed by atoms with Crippen LogP contribution in [0.15, 0.2) is 24.3 Å². The Kier molecular flexibility index (Phi) is 6.56. The predicted octanol–water partition coefficient (Wildman–Crippen LogP) is 3.15. The number of carbonyl (C=O) groups is 1. The van der Waals surface area contributed by atoms with Crippen LogP contribution in [-0.4, -0.2) is 43.9 Å². The van der Waals surface area contributed by atoms with Crippen LogP contribution >= 0.6 is 0 Å². The van der Waals surface area contributed by atoms with Crippen LogP contribution in [-0.2, 0) is 4.79 Å². The number of anilines is 1. The highest BCUT2D eigenvalue weighted by Gasteiger charge is 2.21. The second-order valence-corrected chi connectivity index (χ2v) is 7.38. The molecule has 0 atom stereocenters. The molecule has 2 N–H and O–H groups in total. The highest BCUT2D eigenvalue weighted by atomic mass is 16.5. The standard InChI is InChI=1S/C20H30N2O3/c23-20(24)15-25-19-5-3-18(4-6-19)22-13-9-17(10-14-22)2-1-16-7-11-21-12-8-16/h3-6,16-17,21H,1-2,7-15H2,(H,23,24). The molecule has 0 saturated carbocycles. The first-order valence-corrected chi connectivity index (χ1v) is 9.61. The molecular weight excluding hydrogens is 316 g/mol. The highest BCUT2D eigenvalue weighted by molar-refractivity contribution is 5.68. The SMILES string of the molecule is O=C(O)COc1ccc(N2CCC(CCC3CCNCC3)CC2)cc1. The Labute approximate surface area is 150 Å². The van der Waals surface area contributed by atoms with Gasteiger partial charge in [0.05, 0.1) is 0 Å².